The molecule has 1 aliphatic carbocycles. The molecule has 0 spiro atoms. The van der Waals surface area contributed by atoms with E-state index in [2.05, 4.69) is 4.98 Å². The highest BCUT2D eigenvalue weighted by atomic mass is 32.1. The number of hydrogen-bond acceptors (Lipinski definition) is 3. The summed E-state index contributed by atoms with van der Waals surface area (Å²) in [5.74, 6) is -2.14. The van der Waals surface area contributed by atoms with Gasteiger partial charge in [-0.05, 0) is 43.9 Å². The zero-order valence-electron chi connectivity index (χ0n) is 13.5. The molecule has 128 valence electrons. The number of halogens is 2. The van der Waals surface area contributed by atoms with E-state index >= 15 is 0 Å². The summed E-state index contributed by atoms with van der Waals surface area (Å²) in [6, 6.07) is 3.90. The summed E-state index contributed by atoms with van der Waals surface area (Å²) in [6.45, 7) is 0. The van der Waals surface area contributed by atoms with Crippen LogP contribution in [0.5, 0.6) is 0 Å². The lowest BCUT2D eigenvalue weighted by molar-refractivity contribution is 0.104. The molecular weight excluding hydrogens is 342 g/mol. The second-order valence-electron chi connectivity index (χ2n) is 6.13. The van der Waals surface area contributed by atoms with E-state index in [4.69, 9.17) is 0 Å². The van der Waals surface area contributed by atoms with Gasteiger partial charge in [0.05, 0.1) is 6.20 Å². The van der Waals surface area contributed by atoms with Gasteiger partial charge in [-0.1, -0.05) is 18.6 Å². The van der Waals surface area contributed by atoms with E-state index < -0.39 is 11.6 Å². The molecule has 0 saturated heterocycles. The molecular formula is C19H16F2N2OS. The standard InChI is InChI=1S/C19H16F2N2OS/c20-13-6-4-5-12(18(13)21)9-10-16(24)15-11-22-19-23(15)14-7-2-1-3-8-17(14)25-19/h4-6,9-11H,1-3,7-8H2/b10-9+. The van der Waals surface area contributed by atoms with Crippen molar-refractivity contribution in [2.24, 2.45) is 0 Å². The van der Waals surface area contributed by atoms with Crippen LogP contribution in [0.25, 0.3) is 11.0 Å². The minimum atomic E-state index is -0.950. The van der Waals surface area contributed by atoms with Crippen molar-refractivity contribution in [1.82, 2.24) is 9.38 Å². The number of benzene rings is 1. The molecule has 0 unspecified atom stereocenters. The van der Waals surface area contributed by atoms with Gasteiger partial charge in [0.1, 0.15) is 5.69 Å². The Balaban J connectivity index is 1.69. The van der Waals surface area contributed by atoms with Crippen molar-refractivity contribution < 1.29 is 13.6 Å². The molecule has 0 amide bonds. The van der Waals surface area contributed by atoms with Gasteiger partial charge in [-0.15, -0.1) is 11.3 Å². The van der Waals surface area contributed by atoms with Crippen LogP contribution in [-0.4, -0.2) is 15.2 Å². The number of aromatic nitrogens is 2. The third-order valence-electron chi connectivity index (χ3n) is 4.50. The van der Waals surface area contributed by atoms with Crippen molar-refractivity contribution in [2.75, 3.05) is 0 Å². The summed E-state index contributed by atoms with van der Waals surface area (Å²) < 4.78 is 28.9. The van der Waals surface area contributed by atoms with E-state index in [1.165, 1.54) is 47.7 Å². The number of nitrogens with zero attached hydrogens (tertiary/aromatic N) is 2. The second kappa shape index (κ2) is 6.52. The Morgan fingerprint density at radius 1 is 1.20 bits per heavy atom. The van der Waals surface area contributed by atoms with E-state index in [0.717, 1.165) is 30.3 Å². The Kier molecular flexibility index (Phi) is 4.21. The highest BCUT2D eigenvalue weighted by molar-refractivity contribution is 7.17. The molecule has 0 atom stereocenters. The van der Waals surface area contributed by atoms with Crippen LogP contribution in [0, 0.1) is 11.6 Å². The van der Waals surface area contributed by atoms with Gasteiger partial charge in [-0.3, -0.25) is 9.20 Å². The normalized spacial score (nSPS) is 14.8. The molecule has 0 bridgehead atoms. The summed E-state index contributed by atoms with van der Waals surface area (Å²) in [7, 11) is 0. The summed E-state index contributed by atoms with van der Waals surface area (Å²) >= 11 is 1.64. The zero-order valence-corrected chi connectivity index (χ0v) is 14.3. The first-order valence-electron chi connectivity index (χ1n) is 8.29. The largest absolute Gasteiger partial charge is 0.288 e. The van der Waals surface area contributed by atoms with Crippen LogP contribution in [0.1, 0.15) is 45.9 Å². The van der Waals surface area contributed by atoms with Crippen molar-refractivity contribution in [3.63, 3.8) is 0 Å². The van der Waals surface area contributed by atoms with Crippen molar-refractivity contribution in [2.45, 2.75) is 32.1 Å². The number of thiazole rings is 1. The molecule has 4 rings (SSSR count). The van der Waals surface area contributed by atoms with Crippen LogP contribution < -0.4 is 0 Å². The van der Waals surface area contributed by atoms with Gasteiger partial charge in [-0.25, -0.2) is 13.8 Å². The lowest BCUT2D eigenvalue weighted by Crippen LogP contribution is -2.03. The molecule has 0 radical (unpaired) electrons. The Morgan fingerprint density at radius 2 is 2.04 bits per heavy atom. The molecule has 2 aromatic heterocycles. The Hall–Kier alpha value is -2.34. The maximum atomic E-state index is 13.7. The lowest BCUT2D eigenvalue weighted by Gasteiger charge is -2.02. The summed E-state index contributed by atoms with van der Waals surface area (Å²) in [5.41, 5.74) is 1.70. The van der Waals surface area contributed by atoms with Gasteiger partial charge in [0, 0.05) is 16.1 Å². The first kappa shape index (κ1) is 16.1. The van der Waals surface area contributed by atoms with Gasteiger partial charge in [0.15, 0.2) is 16.6 Å². The highest BCUT2D eigenvalue weighted by Crippen LogP contribution is 2.30. The topological polar surface area (TPSA) is 34.4 Å². The number of carbonyl (C=O) groups is 1. The van der Waals surface area contributed by atoms with Crippen LogP contribution in [-0.2, 0) is 12.8 Å². The van der Waals surface area contributed by atoms with Crippen LogP contribution >= 0.6 is 11.3 Å². The van der Waals surface area contributed by atoms with E-state index in [9.17, 15) is 13.6 Å². The van der Waals surface area contributed by atoms with E-state index in [-0.39, 0.29) is 11.3 Å². The number of imidazole rings is 1. The quantitative estimate of drug-likeness (QED) is 0.381. The monoisotopic (exact) mass is 358 g/mol. The number of rotatable bonds is 3. The predicted octanol–water partition coefficient (Wildman–Crippen LogP) is 4.84. The van der Waals surface area contributed by atoms with Crippen molar-refractivity contribution >= 4 is 28.2 Å². The average Bonchev–Trinajstić information content (AvgIpc) is 3.08. The molecule has 3 aromatic rings. The fourth-order valence-corrected chi connectivity index (χ4v) is 4.42. The van der Waals surface area contributed by atoms with Crippen molar-refractivity contribution in [3.05, 3.63) is 63.9 Å². The van der Waals surface area contributed by atoms with E-state index in [1.807, 2.05) is 4.40 Å². The third-order valence-corrected chi connectivity index (χ3v) is 5.66. The molecule has 0 N–H and O–H groups in total. The van der Waals surface area contributed by atoms with Crippen LogP contribution in [0.4, 0.5) is 8.78 Å². The molecule has 6 heteroatoms. The number of fused-ring (bicyclic) bond motifs is 3. The number of ketones is 1. The fourth-order valence-electron chi connectivity index (χ4n) is 3.24. The van der Waals surface area contributed by atoms with Crippen LogP contribution in [0.2, 0.25) is 0 Å². The maximum absolute atomic E-state index is 13.7. The fraction of sp³-hybridized carbons (Fsp3) is 0.263. The van der Waals surface area contributed by atoms with Crippen LogP contribution in [0.15, 0.2) is 30.5 Å². The Labute approximate surface area is 147 Å². The lowest BCUT2D eigenvalue weighted by atomic mass is 10.1. The van der Waals surface area contributed by atoms with Gasteiger partial charge in [0.25, 0.3) is 0 Å². The minimum absolute atomic E-state index is 0.0539. The third kappa shape index (κ3) is 2.91. The molecule has 2 heterocycles. The first-order chi connectivity index (χ1) is 12.1. The number of aryl methyl sites for hydroxylation is 2. The Bertz CT molecular complexity index is 987. The first-order valence-corrected chi connectivity index (χ1v) is 9.11. The molecule has 0 fully saturated rings. The maximum Gasteiger partial charge on any atom is 0.204 e. The second-order valence-corrected chi connectivity index (χ2v) is 7.20. The SMILES string of the molecule is O=C(/C=C/c1cccc(F)c1F)c1cnc2sc3c(n12)CCCCC3. The molecule has 1 aromatic carbocycles. The minimum Gasteiger partial charge on any atom is -0.288 e. The molecule has 0 aliphatic heterocycles. The van der Waals surface area contributed by atoms with Crippen molar-refractivity contribution in [3.8, 4) is 0 Å². The molecule has 0 saturated carbocycles. The van der Waals surface area contributed by atoms with Crippen molar-refractivity contribution in [1.29, 1.82) is 0 Å². The average molecular weight is 358 g/mol. The summed E-state index contributed by atoms with van der Waals surface area (Å²) in [5, 5.41) is 0. The highest BCUT2D eigenvalue weighted by Gasteiger charge is 2.20. The molecule has 1 aliphatic rings. The smallest absolute Gasteiger partial charge is 0.204 e. The summed E-state index contributed by atoms with van der Waals surface area (Å²) in [4.78, 5) is 19.1. The van der Waals surface area contributed by atoms with Gasteiger partial charge in [-0.2, -0.15) is 0 Å². The van der Waals surface area contributed by atoms with E-state index in [0.29, 0.717) is 5.69 Å². The number of allylic oxidation sites excluding steroid dienone is 1. The Morgan fingerprint density at radius 3 is 2.92 bits per heavy atom. The number of carbonyl (C=O) groups excluding carboxylic acids is 1. The predicted molar refractivity (Wildman–Crippen MR) is 94.1 cm³/mol. The van der Waals surface area contributed by atoms with Gasteiger partial charge >= 0.3 is 0 Å². The number of hydrogen-bond donors (Lipinski definition) is 0. The van der Waals surface area contributed by atoms with Crippen LogP contribution in [0.3, 0.4) is 0 Å². The molecule has 3 nitrogen and oxygen atoms in total. The summed E-state index contributed by atoms with van der Waals surface area (Å²) in [6.07, 6.45) is 9.59. The van der Waals surface area contributed by atoms with Gasteiger partial charge in [0.2, 0.25) is 5.78 Å². The zero-order chi connectivity index (χ0) is 17.4. The molecule has 25 heavy (non-hydrogen) atoms. The van der Waals surface area contributed by atoms with Gasteiger partial charge < -0.3 is 0 Å². The van der Waals surface area contributed by atoms with E-state index in [1.54, 1.807) is 17.5 Å².